The summed E-state index contributed by atoms with van der Waals surface area (Å²) in [6.07, 6.45) is 10.8. The van der Waals surface area contributed by atoms with E-state index in [-0.39, 0.29) is 5.41 Å². The molecule has 3 heteroatoms. The van der Waals surface area contributed by atoms with Gasteiger partial charge < -0.3 is 4.74 Å². The highest BCUT2D eigenvalue weighted by Crippen LogP contribution is 2.26. The first kappa shape index (κ1) is 10.6. The van der Waals surface area contributed by atoms with Crippen LogP contribution in [0, 0.1) is 5.41 Å². The summed E-state index contributed by atoms with van der Waals surface area (Å²) in [5.74, 6) is -1.17. The van der Waals surface area contributed by atoms with Crippen molar-refractivity contribution < 1.29 is 14.3 Å². The van der Waals surface area contributed by atoms with E-state index in [4.69, 9.17) is 0 Å². The predicted octanol–water partition coefficient (Wildman–Crippen LogP) is 2.07. The average molecular weight is 216 g/mol. The first-order valence-electron chi connectivity index (χ1n) is 5.05. The molecule has 0 unspecified atom stereocenters. The van der Waals surface area contributed by atoms with Gasteiger partial charge in [0.05, 0.1) is 5.57 Å². The van der Waals surface area contributed by atoms with Crippen molar-refractivity contribution in [3.8, 4) is 0 Å². The van der Waals surface area contributed by atoms with E-state index in [0.29, 0.717) is 11.1 Å². The van der Waals surface area contributed by atoms with E-state index >= 15 is 0 Å². The molecule has 0 spiro atoms. The quantitative estimate of drug-likeness (QED) is 0.498. The van der Waals surface area contributed by atoms with Gasteiger partial charge in [0.15, 0.2) is 0 Å². The second-order valence-corrected chi connectivity index (χ2v) is 4.40. The molecule has 0 fully saturated rings. The molecule has 0 radical (unpaired) electrons. The molecule has 0 N–H and O–H groups in total. The van der Waals surface area contributed by atoms with Crippen LogP contribution in [-0.2, 0) is 14.3 Å². The number of ether oxygens (including phenoxy) is 1. The molecular formula is C13H12O3. The summed E-state index contributed by atoms with van der Waals surface area (Å²) in [7, 11) is 0. The van der Waals surface area contributed by atoms with Gasteiger partial charge in [0.1, 0.15) is 0 Å². The van der Waals surface area contributed by atoms with Gasteiger partial charge in [0.25, 0.3) is 0 Å². The van der Waals surface area contributed by atoms with Crippen LogP contribution in [0.4, 0.5) is 0 Å². The Balaban J connectivity index is 2.34. The third-order valence-electron chi connectivity index (χ3n) is 2.48. The van der Waals surface area contributed by atoms with E-state index in [0.717, 1.165) is 0 Å². The number of esters is 2. The summed E-state index contributed by atoms with van der Waals surface area (Å²) in [6.45, 7) is 4.12. The zero-order valence-corrected chi connectivity index (χ0v) is 9.19. The summed E-state index contributed by atoms with van der Waals surface area (Å²) in [4.78, 5) is 22.3. The van der Waals surface area contributed by atoms with Gasteiger partial charge in [0, 0.05) is 11.5 Å². The van der Waals surface area contributed by atoms with Crippen molar-refractivity contribution >= 4 is 11.9 Å². The number of carbonyl (C=O) groups is 2. The van der Waals surface area contributed by atoms with Crippen molar-refractivity contribution in [1.29, 1.82) is 0 Å². The van der Waals surface area contributed by atoms with E-state index in [1.165, 1.54) is 6.08 Å². The minimum atomic E-state index is -0.596. The maximum atomic E-state index is 11.3. The third-order valence-corrected chi connectivity index (χ3v) is 2.48. The molecule has 3 nitrogen and oxygen atoms in total. The fourth-order valence-electron chi connectivity index (χ4n) is 1.55. The fraction of sp³-hybridized carbons (Fsp3) is 0.231. The monoisotopic (exact) mass is 216 g/mol. The van der Waals surface area contributed by atoms with Crippen molar-refractivity contribution in [2.24, 2.45) is 5.41 Å². The molecule has 1 aliphatic heterocycles. The van der Waals surface area contributed by atoms with Crippen molar-refractivity contribution in [2.75, 3.05) is 0 Å². The minimum Gasteiger partial charge on any atom is -0.386 e. The smallest absolute Gasteiger partial charge is 0.346 e. The Morgan fingerprint density at radius 2 is 1.94 bits per heavy atom. The Morgan fingerprint density at radius 3 is 2.56 bits per heavy atom. The molecule has 2 rings (SSSR count). The van der Waals surface area contributed by atoms with Crippen molar-refractivity contribution in [3.63, 3.8) is 0 Å². The van der Waals surface area contributed by atoms with Gasteiger partial charge in [-0.2, -0.15) is 0 Å². The van der Waals surface area contributed by atoms with Crippen LogP contribution < -0.4 is 0 Å². The summed E-state index contributed by atoms with van der Waals surface area (Å²) in [5, 5.41) is 0. The Kier molecular flexibility index (Phi) is 2.38. The number of cyclic esters (lactones) is 2. The Morgan fingerprint density at radius 1 is 1.19 bits per heavy atom. The van der Waals surface area contributed by atoms with Crippen molar-refractivity contribution in [1.82, 2.24) is 0 Å². The number of carbonyl (C=O) groups excluding carboxylic acids is 2. The number of allylic oxidation sites excluding steroid dienone is 5. The maximum Gasteiger partial charge on any atom is 0.346 e. The zero-order chi connectivity index (χ0) is 11.8. The van der Waals surface area contributed by atoms with Crippen LogP contribution in [0.15, 0.2) is 47.6 Å². The van der Waals surface area contributed by atoms with Crippen molar-refractivity contribution in [3.05, 3.63) is 47.6 Å². The van der Waals surface area contributed by atoms with Crippen LogP contribution >= 0.6 is 0 Å². The fourth-order valence-corrected chi connectivity index (χ4v) is 1.55. The maximum absolute atomic E-state index is 11.3. The van der Waals surface area contributed by atoms with Crippen LogP contribution in [0.5, 0.6) is 0 Å². The molecule has 1 aliphatic carbocycles. The summed E-state index contributed by atoms with van der Waals surface area (Å²) in [6, 6.07) is 0. The molecule has 0 aromatic heterocycles. The molecule has 0 amide bonds. The van der Waals surface area contributed by atoms with E-state index in [1.807, 2.05) is 24.3 Å². The Hall–Kier alpha value is -1.90. The lowest BCUT2D eigenvalue weighted by molar-refractivity contribution is -0.150. The number of rotatable bonds is 1. The normalized spacial score (nSPS) is 22.6. The van der Waals surface area contributed by atoms with Crippen LogP contribution in [0.3, 0.4) is 0 Å². The van der Waals surface area contributed by atoms with Gasteiger partial charge in [-0.1, -0.05) is 44.2 Å². The molecular weight excluding hydrogens is 204 g/mol. The van der Waals surface area contributed by atoms with E-state index in [2.05, 4.69) is 18.6 Å². The highest BCUT2D eigenvalue weighted by Gasteiger charge is 2.26. The van der Waals surface area contributed by atoms with Crippen LogP contribution in [0.2, 0.25) is 0 Å². The second-order valence-electron chi connectivity index (χ2n) is 4.40. The number of hydrogen-bond donors (Lipinski definition) is 0. The predicted molar refractivity (Wildman–Crippen MR) is 59.3 cm³/mol. The lowest BCUT2D eigenvalue weighted by Crippen LogP contribution is -2.03. The average Bonchev–Trinajstić information content (AvgIpc) is 2.41. The van der Waals surface area contributed by atoms with Crippen LogP contribution in [0.25, 0.3) is 0 Å². The topological polar surface area (TPSA) is 43.4 Å². The summed E-state index contributed by atoms with van der Waals surface area (Å²) in [5.41, 5.74) is 0.979. The molecule has 1 heterocycles. The second kappa shape index (κ2) is 3.59. The van der Waals surface area contributed by atoms with Crippen molar-refractivity contribution in [2.45, 2.75) is 13.8 Å². The van der Waals surface area contributed by atoms with Gasteiger partial charge >= 0.3 is 11.9 Å². The molecule has 2 aliphatic rings. The highest BCUT2D eigenvalue weighted by atomic mass is 16.6. The highest BCUT2D eigenvalue weighted by molar-refractivity contribution is 6.12. The molecule has 82 valence electrons. The van der Waals surface area contributed by atoms with Gasteiger partial charge in [-0.05, 0) is 5.57 Å². The number of hydrogen-bond acceptors (Lipinski definition) is 3. The third kappa shape index (κ3) is 2.03. The molecule has 0 atom stereocenters. The van der Waals surface area contributed by atoms with Gasteiger partial charge in [-0.3, -0.25) is 0 Å². The molecule has 16 heavy (non-hydrogen) atoms. The first-order chi connectivity index (χ1) is 7.48. The van der Waals surface area contributed by atoms with E-state index < -0.39 is 11.9 Å². The zero-order valence-electron chi connectivity index (χ0n) is 9.19. The largest absolute Gasteiger partial charge is 0.386 e. The lowest BCUT2D eigenvalue weighted by Gasteiger charge is -2.12. The molecule has 0 saturated carbocycles. The SMILES string of the molecule is CC1(C)C=CC=C(C2=CC(=O)OC2=O)C=C1. The summed E-state index contributed by atoms with van der Waals surface area (Å²) < 4.78 is 4.45. The summed E-state index contributed by atoms with van der Waals surface area (Å²) >= 11 is 0. The Bertz CT molecular complexity index is 473. The first-order valence-corrected chi connectivity index (χ1v) is 5.05. The lowest BCUT2D eigenvalue weighted by atomic mass is 9.93. The van der Waals surface area contributed by atoms with Gasteiger partial charge in [-0.25, -0.2) is 9.59 Å². The molecule has 0 aromatic rings. The van der Waals surface area contributed by atoms with Crippen LogP contribution in [0.1, 0.15) is 13.8 Å². The molecule has 0 aromatic carbocycles. The van der Waals surface area contributed by atoms with Gasteiger partial charge in [-0.15, -0.1) is 0 Å². The molecule has 0 saturated heterocycles. The molecule has 0 bridgehead atoms. The van der Waals surface area contributed by atoms with E-state index in [1.54, 1.807) is 6.08 Å². The minimum absolute atomic E-state index is 0.0503. The van der Waals surface area contributed by atoms with Gasteiger partial charge in [0.2, 0.25) is 0 Å². The Labute approximate surface area is 93.8 Å². The van der Waals surface area contributed by atoms with Crippen LogP contribution in [-0.4, -0.2) is 11.9 Å². The standard InChI is InChI=1S/C13H12O3/c1-13(2)6-3-4-9(5-7-13)10-8-11(14)16-12(10)15/h3-8H,1-2H3. The van der Waals surface area contributed by atoms with E-state index in [9.17, 15) is 9.59 Å².